The number of fused-ring (bicyclic) bond motifs is 1. The Balaban J connectivity index is 1.61. The maximum Gasteiger partial charge on any atom is 0.303 e. The van der Waals surface area contributed by atoms with E-state index in [2.05, 4.69) is 0 Å². The van der Waals surface area contributed by atoms with Crippen molar-refractivity contribution in [3.63, 3.8) is 0 Å². The van der Waals surface area contributed by atoms with E-state index in [4.69, 9.17) is 32.8 Å². The SMILES string of the molecule is CC(=O)O[C@@H]1[C@H](Oc2c(-c3ccc(O)cc3)oc3cc(O[C@@H]4O[C@@H](C)[C@H](O)[C@@H](O)[C@@H]4O)cc(O)c3c2=O)O[C@@H](C)[C@H](O)[C@H]1OC(C)=O. The normalized spacial score (nSPS) is 30.8. The zero-order valence-corrected chi connectivity index (χ0v) is 25.5. The average molecular weight is 663 g/mol. The van der Waals surface area contributed by atoms with Crippen molar-refractivity contribution in [2.75, 3.05) is 0 Å². The maximum atomic E-state index is 14.0. The molecule has 0 radical (unpaired) electrons. The molecule has 6 N–H and O–H groups in total. The van der Waals surface area contributed by atoms with Crippen LogP contribution in [0.3, 0.4) is 0 Å². The molecule has 1 aromatic heterocycles. The lowest BCUT2D eigenvalue weighted by Crippen LogP contribution is -2.61. The van der Waals surface area contributed by atoms with Gasteiger partial charge in [0, 0.05) is 31.5 Å². The first kappa shape index (κ1) is 33.9. The third kappa shape index (κ3) is 6.83. The van der Waals surface area contributed by atoms with Crippen LogP contribution in [-0.4, -0.2) is 104 Å². The summed E-state index contributed by atoms with van der Waals surface area (Å²) in [5, 5.41) is 61.7. The molecular formula is C31H34O16. The Labute approximate surface area is 266 Å². The third-order valence-electron chi connectivity index (χ3n) is 7.69. The zero-order valence-electron chi connectivity index (χ0n) is 25.5. The second-order valence-electron chi connectivity index (χ2n) is 11.2. The number of phenolic OH excluding ortho intramolecular Hbond substituents is 2. The second-order valence-corrected chi connectivity index (χ2v) is 11.2. The van der Waals surface area contributed by atoms with Crippen LogP contribution in [0.5, 0.6) is 23.0 Å². The zero-order chi connectivity index (χ0) is 34.3. The third-order valence-corrected chi connectivity index (χ3v) is 7.69. The second kappa shape index (κ2) is 13.3. The monoisotopic (exact) mass is 662 g/mol. The fourth-order valence-electron chi connectivity index (χ4n) is 5.32. The van der Waals surface area contributed by atoms with Crippen LogP contribution in [0.4, 0.5) is 0 Å². The number of rotatable bonds is 7. The summed E-state index contributed by atoms with van der Waals surface area (Å²) in [6.45, 7) is 5.04. The van der Waals surface area contributed by atoms with Crippen LogP contribution in [0.15, 0.2) is 45.6 Å². The van der Waals surface area contributed by atoms with Gasteiger partial charge in [0.25, 0.3) is 0 Å². The molecule has 254 valence electrons. The Bertz CT molecular complexity index is 1690. The van der Waals surface area contributed by atoms with Gasteiger partial charge in [-0.25, -0.2) is 0 Å². The summed E-state index contributed by atoms with van der Waals surface area (Å²) in [6.07, 6.45) is -14.2. The molecule has 3 aromatic rings. The molecule has 2 aliphatic rings. The Morgan fingerprint density at radius 3 is 1.98 bits per heavy atom. The fourth-order valence-corrected chi connectivity index (χ4v) is 5.32. The standard InChI is InChI=1S/C31H34O16/c1-11-21(36)24(39)25(40)30(41-11)45-17-9-18(35)20-19(10-17)46-26(15-5-7-16(34)8-6-15)28(23(20)38)47-31-29(44-14(4)33)27(43-13(3)32)22(37)12(2)42-31/h5-12,21-22,24-25,27,29-31,34-37,39-40H,1-4H3/t11-,12-,21-,22-,24+,25-,27+,29-,30-,31-/m0/s1. The molecule has 16 nitrogen and oxygen atoms in total. The van der Waals surface area contributed by atoms with E-state index < -0.39 is 95.7 Å². The van der Waals surface area contributed by atoms with Crippen molar-refractivity contribution in [3.05, 3.63) is 46.6 Å². The van der Waals surface area contributed by atoms with Crippen LogP contribution >= 0.6 is 0 Å². The average Bonchev–Trinajstić information content (AvgIpc) is 3.00. The number of carbonyl (C=O) groups excluding carboxylic acids is 2. The van der Waals surface area contributed by atoms with Gasteiger partial charge in [-0.1, -0.05) is 0 Å². The molecule has 2 saturated heterocycles. The van der Waals surface area contributed by atoms with Crippen molar-refractivity contribution in [3.8, 4) is 34.3 Å². The Morgan fingerprint density at radius 1 is 0.745 bits per heavy atom. The molecular weight excluding hydrogens is 628 g/mol. The number of ether oxygens (including phenoxy) is 6. The lowest BCUT2D eigenvalue weighted by Gasteiger charge is -2.41. The Morgan fingerprint density at radius 2 is 1.34 bits per heavy atom. The summed E-state index contributed by atoms with van der Waals surface area (Å²) in [4.78, 5) is 37.9. The minimum atomic E-state index is -1.67. The maximum absolute atomic E-state index is 14.0. The van der Waals surface area contributed by atoms with Gasteiger partial charge in [0.05, 0.1) is 12.2 Å². The van der Waals surface area contributed by atoms with Gasteiger partial charge in [0.1, 0.15) is 52.6 Å². The van der Waals surface area contributed by atoms with Crippen LogP contribution in [0.1, 0.15) is 27.7 Å². The molecule has 0 bridgehead atoms. The van der Waals surface area contributed by atoms with Crippen LogP contribution in [0.2, 0.25) is 0 Å². The first-order valence-electron chi connectivity index (χ1n) is 14.5. The Kier molecular flexibility index (Phi) is 9.63. The van der Waals surface area contributed by atoms with Crippen LogP contribution in [0.25, 0.3) is 22.3 Å². The smallest absolute Gasteiger partial charge is 0.303 e. The highest BCUT2D eigenvalue weighted by molar-refractivity contribution is 5.88. The molecule has 2 aliphatic heterocycles. The fraction of sp³-hybridized carbons (Fsp3) is 0.452. The van der Waals surface area contributed by atoms with E-state index in [1.807, 2.05) is 0 Å². The van der Waals surface area contributed by atoms with E-state index in [0.717, 1.165) is 19.9 Å². The quantitative estimate of drug-likeness (QED) is 0.188. The van der Waals surface area contributed by atoms with E-state index in [1.54, 1.807) is 0 Å². The van der Waals surface area contributed by atoms with Crippen molar-refractivity contribution in [2.45, 2.75) is 89.1 Å². The number of aliphatic hydroxyl groups is 4. The molecule has 2 fully saturated rings. The molecule has 16 heteroatoms. The summed E-state index contributed by atoms with van der Waals surface area (Å²) in [5.41, 5.74) is -0.974. The first-order valence-corrected chi connectivity index (χ1v) is 14.5. The van der Waals surface area contributed by atoms with E-state index >= 15 is 0 Å². The first-order chi connectivity index (χ1) is 22.2. The molecule has 0 amide bonds. The number of esters is 2. The Hall–Kier alpha value is -4.45. The summed E-state index contributed by atoms with van der Waals surface area (Å²) in [5.74, 6) is -3.36. The van der Waals surface area contributed by atoms with E-state index in [9.17, 15) is 45.0 Å². The van der Waals surface area contributed by atoms with Crippen molar-refractivity contribution in [1.29, 1.82) is 0 Å². The van der Waals surface area contributed by atoms with Gasteiger partial charge in [0.2, 0.25) is 29.9 Å². The van der Waals surface area contributed by atoms with Crippen LogP contribution in [-0.2, 0) is 28.5 Å². The topological polar surface area (TPSA) is 241 Å². The predicted molar refractivity (Wildman–Crippen MR) is 156 cm³/mol. The molecule has 0 unspecified atom stereocenters. The van der Waals surface area contributed by atoms with Gasteiger partial charge < -0.3 is 63.5 Å². The highest BCUT2D eigenvalue weighted by Crippen LogP contribution is 2.39. The lowest BCUT2D eigenvalue weighted by atomic mass is 9.99. The van der Waals surface area contributed by atoms with E-state index in [0.29, 0.717) is 0 Å². The van der Waals surface area contributed by atoms with Crippen molar-refractivity contribution in [2.24, 2.45) is 0 Å². The number of hydrogen-bond acceptors (Lipinski definition) is 16. The van der Waals surface area contributed by atoms with Crippen LogP contribution in [0, 0.1) is 0 Å². The van der Waals surface area contributed by atoms with Gasteiger partial charge in [-0.3, -0.25) is 14.4 Å². The minimum Gasteiger partial charge on any atom is -0.508 e. The number of carbonyl (C=O) groups is 2. The van der Waals surface area contributed by atoms with Gasteiger partial charge in [-0.2, -0.15) is 0 Å². The molecule has 3 heterocycles. The van der Waals surface area contributed by atoms with E-state index in [1.165, 1.54) is 44.2 Å². The lowest BCUT2D eigenvalue weighted by molar-refractivity contribution is -0.277. The highest BCUT2D eigenvalue weighted by atomic mass is 16.7. The van der Waals surface area contributed by atoms with Crippen LogP contribution < -0.4 is 14.9 Å². The largest absolute Gasteiger partial charge is 0.508 e. The van der Waals surface area contributed by atoms with E-state index in [-0.39, 0.29) is 28.4 Å². The van der Waals surface area contributed by atoms with Crippen molar-refractivity contribution in [1.82, 2.24) is 0 Å². The molecule has 5 rings (SSSR count). The molecule has 0 saturated carbocycles. The number of benzene rings is 2. The number of aromatic hydroxyl groups is 2. The molecule has 0 aliphatic carbocycles. The summed E-state index contributed by atoms with van der Waals surface area (Å²) < 4.78 is 39.5. The number of phenols is 2. The highest BCUT2D eigenvalue weighted by Gasteiger charge is 2.50. The van der Waals surface area contributed by atoms with Gasteiger partial charge in [-0.15, -0.1) is 0 Å². The molecule has 47 heavy (non-hydrogen) atoms. The number of aliphatic hydroxyl groups excluding tert-OH is 4. The predicted octanol–water partition coefficient (Wildman–Crippen LogP) is 0.425. The summed E-state index contributed by atoms with van der Waals surface area (Å²) in [7, 11) is 0. The molecule has 10 atom stereocenters. The summed E-state index contributed by atoms with van der Waals surface area (Å²) >= 11 is 0. The summed E-state index contributed by atoms with van der Waals surface area (Å²) in [6, 6.07) is 7.62. The minimum absolute atomic E-state index is 0.113. The van der Waals surface area contributed by atoms with Crippen molar-refractivity contribution >= 4 is 22.9 Å². The molecule has 0 spiro atoms. The van der Waals surface area contributed by atoms with Gasteiger partial charge in [0.15, 0.2) is 11.9 Å². The van der Waals surface area contributed by atoms with Gasteiger partial charge in [-0.05, 0) is 38.1 Å². The number of hydrogen-bond donors (Lipinski definition) is 6. The van der Waals surface area contributed by atoms with Crippen molar-refractivity contribution < 1.29 is 73.1 Å². The van der Waals surface area contributed by atoms with Gasteiger partial charge >= 0.3 is 11.9 Å². The molecule has 2 aromatic carbocycles.